The molecule has 35 heavy (non-hydrogen) atoms. The summed E-state index contributed by atoms with van der Waals surface area (Å²) in [7, 11) is 0. The van der Waals surface area contributed by atoms with Gasteiger partial charge in [0, 0.05) is 23.9 Å². The van der Waals surface area contributed by atoms with E-state index >= 15 is 0 Å². The Bertz CT molecular complexity index is 1040. The predicted molar refractivity (Wildman–Crippen MR) is 133 cm³/mol. The molecule has 2 aromatic rings. The van der Waals surface area contributed by atoms with Crippen LogP contribution in [0.25, 0.3) is 11.1 Å². The quantitative estimate of drug-likeness (QED) is 0.510. The number of carboxylic acid groups (broad SMARTS) is 1. The van der Waals surface area contributed by atoms with Crippen LogP contribution in [-0.2, 0) is 14.3 Å². The highest BCUT2D eigenvalue weighted by molar-refractivity contribution is 5.80. The number of carbonyl (C=O) groups is 3. The number of amides is 2. The Morgan fingerprint density at radius 2 is 1.63 bits per heavy atom. The first kappa shape index (κ1) is 24.8. The van der Waals surface area contributed by atoms with Crippen molar-refractivity contribution < 1.29 is 24.2 Å². The maximum absolute atomic E-state index is 12.8. The molecule has 2 aliphatic rings. The highest BCUT2D eigenvalue weighted by Gasteiger charge is 2.32. The van der Waals surface area contributed by atoms with Crippen LogP contribution in [0.15, 0.2) is 48.5 Å². The molecule has 0 unspecified atom stereocenters. The third-order valence-electron chi connectivity index (χ3n) is 7.24. The molecule has 3 N–H and O–H groups in total. The number of hydrogen-bond donors (Lipinski definition) is 3. The third kappa shape index (κ3) is 5.84. The summed E-state index contributed by atoms with van der Waals surface area (Å²) in [5.74, 6) is -1.29. The fourth-order valence-corrected chi connectivity index (χ4v) is 5.31. The lowest BCUT2D eigenvalue weighted by Gasteiger charge is -2.30. The maximum atomic E-state index is 12.8. The van der Waals surface area contributed by atoms with Crippen molar-refractivity contribution in [3.63, 3.8) is 0 Å². The lowest BCUT2D eigenvalue weighted by molar-refractivity contribution is -0.138. The van der Waals surface area contributed by atoms with E-state index in [0.29, 0.717) is 6.42 Å². The third-order valence-corrected chi connectivity index (χ3v) is 7.24. The Labute approximate surface area is 206 Å². The Morgan fingerprint density at radius 1 is 1.00 bits per heavy atom. The zero-order chi connectivity index (χ0) is 24.9. The van der Waals surface area contributed by atoms with Crippen LogP contribution in [0, 0.1) is 11.8 Å². The molecule has 4 rings (SSSR count). The van der Waals surface area contributed by atoms with Gasteiger partial charge in [-0.1, -0.05) is 68.8 Å². The summed E-state index contributed by atoms with van der Waals surface area (Å²) in [6.45, 7) is 4.05. The minimum atomic E-state index is -0.928. The molecule has 0 saturated heterocycles. The van der Waals surface area contributed by atoms with Crippen molar-refractivity contribution in [2.75, 3.05) is 6.61 Å². The molecule has 0 bridgehead atoms. The number of hydrogen-bond acceptors (Lipinski definition) is 4. The molecule has 2 aromatic carbocycles. The zero-order valence-corrected chi connectivity index (χ0v) is 20.3. The Balaban J connectivity index is 1.31. The van der Waals surface area contributed by atoms with Crippen molar-refractivity contribution in [1.29, 1.82) is 0 Å². The van der Waals surface area contributed by atoms with Crippen LogP contribution >= 0.6 is 0 Å². The van der Waals surface area contributed by atoms with Crippen LogP contribution in [-0.4, -0.2) is 41.8 Å². The van der Waals surface area contributed by atoms with Crippen molar-refractivity contribution in [3.8, 4) is 11.1 Å². The SMILES string of the molecule is CC(C)[C@@H](CC(=O)O)NC(=O)[C@@H]1CCC[C@H](NC(=O)OCC2c3ccccc3-c3ccccc32)C1. The van der Waals surface area contributed by atoms with Gasteiger partial charge in [-0.25, -0.2) is 4.79 Å². The normalized spacial score (nSPS) is 20.0. The molecule has 2 amide bonds. The second kappa shape index (κ2) is 10.9. The lowest BCUT2D eigenvalue weighted by Crippen LogP contribution is -2.46. The molecule has 2 aliphatic carbocycles. The molecule has 0 aliphatic heterocycles. The van der Waals surface area contributed by atoms with Gasteiger partial charge in [0.2, 0.25) is 5.91 Å². The predicted octanol–water partition coefficient (Wildman–Crippen LogP) is 4.70. The number of aliphatic carboxylic acids is 1. The number of alkyl carbamates (subject to hydrolysis) is 1. The smallest absolute Gasteiger partial charge is 0.407 e. The summed E-state index contributed by atoms with van der Waals surface area (Å²) < 4.78 is 5.66. The van der Waals surface area contributed by atoms with Crippen LogP contribution in [0.2, 0.25) is 0 Å². The van der Waals surface area contributed by atoms with E-state index in [4.69, 9.17) is 9.84 Å². The second-order valence-electron chi connectivity index (χ2n) is 9.99. The largest absolute Gasteiger partial charge is 0.481 e. The fraction of sp³-hybridized carbons (Fsp3) is 0.464. The fourth-order valence-electron chi connectivity index (χ4n) is 5.31. The molecular weight excluding hydrogens is 444 g/mol. The van der Waals surface area contributed by atoms with E-state index in [0.717, 1.165) is 30.4 Å². The summed E-state index contributed by atoms with van der Waals surface area (Å²) in [4.78, 5) is 36.6. The monoisotopic (exact) mass is 478 g/mol. The number of carbonyl (C=O) groups excluding carboxylic acids is 2. The molecule has 7 heteroatoms. The van der Waals surface area contributed by atoms with Crippen molar-refractivity contribution in [1.82, 2.24) is 10.6 Å². The molecule has 186 valence electrons. The van der Waals surface area contributed by atoms with Gasteiger partial charge in [0.25, 0.3) is 0 Å². The van der Waals surface area contributed by atoms with Gasteiger partial charge >= 0.3 is 12.1 Å². The summed E-state index contributed by atoms with van der Waals surface area (Å²) in [6, 6.07) is 15.9. The lowest BCUT2D eigenvalue weighted by atomic mass is 9.84. The summed E-state index contributed by atoms with van der Waals surface area (Å²) in [6.07, 6.45) is 2.29. The van der Waals surface area contributed by atoms with Gasteiger partial charge in [0.1, 0.15) is 6.61 Å². The number of carboxylic acids is 1. The Hall–Kier alpha value is -3.35. The molecule has 0 radical (unpaired) electrons. The van der Waals surface area contributed by atoms with Crippen molar-refractivity contribution in [2.24, 2.45) is 11.8 Å². The number of ether oxygens (including phenoxy) is 1. The summed E-state index contributed by atoms with van der Waals surface area (Å²) >= 11 is 0. The maximum Gasteiger partial charge on any atom is 0.407 e. The van der Waals surface area contributed by atoms with Gasteiger partial charge in [0.05, 0.1) is 6.42 Å². The van der Waals surface area contributed by atoms with E-state index in [1.807, 2.05) is 38.1 Å². The van der Waals surface area contributed by atoms with Crippen molar-refractivity contribution >= 4 is 18.0 Å². The summed E-state index contributed by atoms with van der Waals surface area (Å²) in [5.41, 5.74) is 4.69. The van der Waals surface area contributed by atoms with Crippen LogP contribution < -0.4 is 10.6 Å². The van der Waals surface area contributed by atoms with E-state index in [2.05, 4.69) is 34.9 Å². The topological polar surface area (TPSA) is 105 Å². The number of nitrogens with one attached hydrogen (secondary N) is 2. The molecule has 0 spiro atoms. The van der Waals surface area contributed by atoms with E-state index in [9.17, 15) is 14.4 Å². The van der Waals surface area contributed by atoms with E-state index in [-0.39, 0.29) is 42.7 Å². The standard InChI is InChI=1S/C28H34N2O5/c1-17(2)25(15-26(31)32)30-27(33)18-8-7-9-19(14-18)29-28(34)35-16-24-22-12-5-3-10-20(22)21-11-4-6-13-23(21)24/h3-6,10-13,17-19,24-25H,7-9,14-16H2,1-2H3,(H,29,34)(H,30,33)(H,31,32)/t18-,19+,25-/m1/s1. The van der Waals surface area contributed by atoms with Crippen LogP contribution in [0.1, 0.15) is 63.0 Å². The number of fused-ring (bicyclic) bond motifs is 3. The second-order valence-corrected chi connectivity index (χ2v) is 9.99. The molecule has 1 saturated carbocycles. The Kier molecular flexibility index (Phi) is 7.73. The molecule has 7 nitrogen and oxygen atoms in total. The average molecular weight is 479 g/mol. The van der Waals surface area contributed by atoms with Gasteiger partial charge < -0.3 is 20.5 Å². The van der Waals surface area contributed by atoms with E-state index in [1.54, 1.807) is 0 Å². The van der Waals surface area contributed by atoms with Gasteiger partial charge in [-0.15, -0.1) is 0 Å². The van der Waals surface area contributed by atoms with Gasteiger partial charge in [-0.3, -0.25) is 9.59 Å². The molecular formula is C28H34N2O5. The highest BCUT2D eigenvalue weighted by Crippen LogP contribution is 2.44. The van der Waals surface area contributed by atoms with Gasteiger partial charge in [-0.05, 0) is 47.4 Å². The first-order chi connectivity index (χ1) is 16.8. The van der Waals surface area contributed by atoms with Crippen LogP contribution in [0.5, 0.6) is 0 Å². The summed E-state index contributed by atoms with van der Waals surface area (Å²) in [5, 5.41) is 15.0. The van der Waals surface area contributed by atoms with Gasteiger partial charge in [0.15, 0.2) is 0 Å². The van der Waals surface area contributed by atoms with Crippen molar-refractivity contribution in [3.05, 3.63) is 59.7 Å². The highest BCUT2D eigenvalue weighted by atomic mass is 16.5. The van der Waals surface area contributed by atoms with Crippen LogP contribution in [0.4, 0.5) is 4.79 Å². The first-order valence-electron chi connectivity index (χ1n) is 12.5. The first-order valence-corrected chi connectivity index (χ1v) is 12.5. The van der Waals surface area contributed by atoms with E-state index < -0.39 is 18.1 Å². The minimum absolute atomic E-state index is 0.000217. The zero-order valence-electron chi connectivity index (χ0n) is 20.3. The minimum Gasteiger partial charge on any atom is -0.481 e. The van der Waals surface area contributed by atoms with Crippen molar-refractivity contribution in [2.45, 2.75) is 64.0 Å². The molecule has 0 heterocycles. The molecule has 0 aromatic heterocycles. The van der Waals surface area contributed by atoms with Gasteiger partial charge in [-0.2, -0.15) is 0 Å². The molecule has 3 atom stereocenters. The molecule has 1 fully saturated rings. The van der Waals surface area contributed by atoms with Crippen LogP contribution in [0.3, 0.4) is 0 Å². The number of benzene rings is 2. The average Bonchev–Trinajstić information content (AvgIpc) is 3.16. The Morgan fingerprint density at radius 3 is 2.23 bits per heavy atom. The van der Waals surface area contributed by atoms with E-state index in [1.165, 1.54) is 11.1 Å². The number of rotatable bonds is 8.